The van der Waals surface area contributed by atoms with E-state index >= 15 is 0 Å². The Morgan fingerprint density at radius 2 is 1.17 bits per heavy atom. The lowest BCUT2D eigenvalue weighted by Gasteiger charge is -2.15. The van der Waals surface area contributed by atoms with E-state index < -0.39 is 0 Å². The summed E-state index contributed by atoms with van der Waals surface area (Å²) in [6.45, 7) is 0. The van der Waals surface area contributed by atoms with Crippen LogP contribution in [0, 0.1) is 0 Å². The Bertz CT molecular complexity index is 969. The number of aromatic nitrogens is 2. The Labute approximate surface area is 145 Å². The van der Waals surface area contributed by atoms with Crippen molar-refractivity contribution < 1.29 is 0 Å². The quantitative estimate of drug-likeness (QED) is 0.455. The lowest BCUT2D eigenvalue weighted by atomic mass is 10.0. The van der Waals surface area contributed by atoms with Crippen LogP contribution >= 0.6 is 11.6 Å². The van der Waals surface area contributed by atoms with Crippen LogP contribution in [0.1, 0.15) is 16.6 Å². The van der Waals surface area contributed by atoms with Crippen molar-refractivity contribution >= 4 is 22.6 Å². The first kappa shape index (κ1) is 14.9. The summed E-state index contributed by atoms with van der Waals surface area (Å²) in [7, 11) is 0. The molecule has 1 heterocycles. The third-order valence-electron chi connectivity index (χ3n) is 3.98. The molecule has 1 atom stereocenters. The Hall–Kier alpha value is -2.71. The summed E-state index contributed by atoms with van der Waals surface area (Å²) in [6.07, 6.45) is 0. The van der Waals surface area contributed by atoms with Crippen LogP contribution in [-0.4, -0.2) is 9.97 Å². The third-order valence-corrected chi connectivity index (χ3v) is 4.44. The molecule has 24 heavy (non-hydrogen) atoms. The zero-order chi connectivity index (χ0) is 16.4. The van der Waals surface area contributed by atoms with Gasteiger partial charge in [-0.1, -0.05) is 72.8 Å². The van der Waals surface area contributed by atoms with E-state index in [1.807, 2.05) is 84.9 Å². The second kappa shape index (κ2) is 6.42. The van der Waals surface area contributed by atoms with Crippen LogP contribution in [0.25, 0.3) is 22.3 Å². The predicted octanol–water partition coefficient (Wildman–Crippen LogP) is 5.63. The van der Waals surface area contributed by atoms with Gasteiger partial charge >= 0.3 is 0 Å². The van der Waals surface area contributed by atoms with Gasteiger partial charge in [-0.3, -0.25) is 0 Å². The van der Waals surface area contributed by atoms with Crippen molar-refractivity contribution in [3.8, 4) is 11.3 Å². The zero-order valence-corrected chi connectivity index (χ0v) is 13.7. The van der Waals surface area contributed by atoms with E-state index in [0.717, 1.165) is 33.5 Å². The first-order valence-electron chi connectivity index (χ1n) is 7.84. The lowest BCUT2D eigenvalue weighted by molar-refractivity contribution is 1.04. The number of rotatable bonds is 3. The van der Waals surface area contributed by atoms with Crippen LogP contribution in [0.15, 0.2) is 84.9 Å². The van der Waals surface area contributed by atoms with Crippen LogP contribution in [-0.2, 0) is 0 Å². The number of halogens is 1. The average molecular weight is 331 g/mol. The zero-order valence-electron chi connectivity index (χ0n) is 12.9. The van der Waals surface area contributed by atoms with Crippen LogP contribution in [0.2, 0.25) is 0 Å². The van der Waals surface area contributed by atoms with Gasteiger partial charge in [-0.15, -0.1) is 11.6 Å². The van der Waals surface area contributed by atoms with Crippen LogP contribution in [0.4, 0.5) is 0 Å². The van der Waals surface area contributed by atoms with E-state index in [4.69, 9.17) is 21.6 Å². The number of nitrogens with zero attached hydrogens (tertiary/aromatic N) is 2. The van der Waals surface area contributed by atoms with Crippen molar-refractivity contribution in [3.05, 3.63) is 96.2 Å². The average Bonchev–Trinajstić information content (AvgIpc) is 2.68. The number of hydrogen-bond donors (Lipinski definition) is 0. The van der Waals surface area contributed by atoms with Crippen LogP contribution < -0.4 is 0 Å². The molecule has 1 aromatic heterocycles. The van der Waals surface area contributed by atoms with E-state index in [1.165, 1.54) is 0 Å². The minimum absolute atomic E-state index is 0.349. The van der Waals surface area contributed by atoms with Gasteiger partial charge in [0, 0.05) is 5.56 Å². The highest BCUT2D eigenvalue weighted by Gasteiger charge is 2.19. The monoisotopic (exact) mass is 330 g/mol. The molecular weight excluding hydrogens is 316 g/mol. The maximum atomic E-state index is 6.78. The fourth-order valence-electron chi connectivity index (χ4n) is 2.78. The van der Waals surface area contributed by atoms with Gasteiger partial charge in [0.2, 0.25) is 0 Å². The van der Waals surface area contributed by atoms with Gasteiger partial charge in [-0.05, 0) is 17.7 Å². The first-order valence-corrected chi connectivity index (χ1v) is 8.28. The predicted molar refractivity (Wildman–Crippen MR) is 99.1 cm³/mol. The topological polar surface area (TPSA) is 25.8 Å². The molecule has 116 valence electrons. The molecule has 0 radical (unpaired) electrons. The van der Waals surface area contributed by atoms with Crippen molar-refractivity contribution in [2.24, 2.45) is 0 Å². The molecule has 0 amide bonds. The molecular formula is C21H15ClN2. The van der Waals surface area contributed by atoms with Crippen molar-refractivity contribution in [2.45, 2.75) is 5.38 Å². The first-order chi connectivity index (χ1) is 11.8. The van der Waals surface area contributed by atoms with E-state index in [0.29, 0.717) is 0 Å². The molecule has 0 aliphatic heterocycles. The van der Waals surface area contributed by atoms with E-state index in [2.05, 4.69) is 0 Å². The smallest absolute Gasteiger partial charge is 0.103 e. The van der Waals surface area contributed by atoms with Crippen molar-refractivity contribution in [1.29, 1.82) is 0 Å². The molecule has 4 aromatic rings. The molecule has 0 aliphatic carbocycles. The summed E-state index contributed by atoms with van der Waals surface area (Å²) in [6, 6.07) is 28.0. The van der Waals surface area contributed by atoms with Gasteiger partial charge in [0.25, 0.3) is 0 Å². The molecule has 3 aromatic carbocycles. The molecule has 0 spiro atoms. The second-order valence-electron chi connectivity index (χ2n) is 5.59. The number of benzene rings is 3. The van der Waals surface area contributed by atoms with Gasteiger partial charge in [0.05, 0.1) is 22.4 Å². The maximum Gasteiger partial charge on any atom is 0.103 e. The minimum Gasteiger partial charge on any atom is -0.247 e. The van der Waals surface area contributed by atoms with Gasteiger partial charge in [-0.25, -0.2) is 9.97 Å². The van der Waals surface area contributed by atoms with Crippen LogP contribution in [0.5, 0.6) is 0 Å². The van der Waals surface area contributed by atoms with E-state index in [-0.39, 0.29) is 5.38 Å². The van der Waals surface area contributed by atoms with Gasteiger partial charge in [0.15, 0.2) is 0 Å². The lowest BCUT2D eigenvalue weighted by Crippen LogP contribution is -2.03. The Morgan fingerprint density at radius 3 is 1.83 bits per heavy atom. The largest absolute Gasteiger partial charge is 0.247 e. The Morgan fingerprint density at radius 1 is 0.625 bits per heavy atom. The standard InChI is InChI=1S/C21H15ClN2/c22-19(15-9-3-1-4-10-15)21-20(16-11-5-2-6-12-16)23-17-13-7-8-14-18(17)24-21/h1-14,19H. The van der Waals surface area contributed by atoms with E-state index in [9.17, 15) is 0 Å². The number of fused-ring (bicyclic) bond motifs is 1. The third kappa shape index (κ3) is 2.77. The van der Waals surface area contributed by atoms with Gasteiger partial charge in [-0.2, -0.15) is 0 Å². The molecule has 0 saturated heterocycles. The number of alkyl halides is 1. The molecule has 2 nitrogen and oxygen atoms in total. The molecule has 0 fully saturated rings. The van der Waals surface area contributed by atoms with Crippen molar-refractivity contribution in [2.75, 3.05) is 0 Å². The molecule has 0 aliphatic rings. The summed E-state index contributed by atoms with van der Waals surface area (Å²) in [5.74, 6) is 0. The summed E-state index contributed by atoms with van der Waals surface area (Å²) in [5.41, 5.74) is 5.38. The highest BCUT2D eigenvalue weighted by molar-refractivity contribution is 6.22. The Kier molecular flexibility index (Phi) is 3.97. The summed E-state index contributed by atoms with van der Waals surface area (Å²) >= 11 is 6.78. The fraction of sp³-hybridized carbons (Fsp3) is 0.0476. The molecule has 0 saturated carbocycles. The van der Waals surface area contributed by atoms with Crippen LogP contribution in [0.3, 0.4) is 0 Å². The van der Waals surface area contributed by atoms with Gasteiger partial charge < -0.3 is 0 Å². The highest BCUT2D eigenvalue weighted by Crippen LogP contribution is 2.34. The SMILES string of the molecule is ClC(c1ccccc1)c1nc2ccccc2nc1-c1ccccc1. The maximum absolute atomic E-state index is 6.78. The molecule has 1 unspecified atom stereocenters. The summed E-state index contributed by atoms with van der Waals surface area (Å²) in [4.78, 5) is 9.68. The number of para-hydroxylation sites is 2. The fourth-order valence-corrected chi connectivity index (χ4v) is 3.08. The highest BCUT2D eigenvalue weighted by atomic mass is 35.5. The van der Waals surface area contributed by atoms with E-state index in [1.54, 1.807) is 0 Å². The second-order valence-corrected chi connectivity index (χ2v) is 6.02. The molecule has 4 rings (SSSR count). The molecule has 0 bridgehead atoms. The number of hydrogen-bond acceptors (Lipinski definition) is 2. The summed E-state index contributed by atoms with van der Waals surface area (Å²) < 4.78 is 0. The molecule has 3 heteroatoms. The van der Waals surface area contributed by atoms with Crippen molar-refractivity contribution in [3.63, 3.8) is 0 Å². The van der Waals surface area contributed by atoms with Gasteiger partial charge in [0.1, 0.15) is 5.38 Å². The normalized spacial score (nSPS) is 12.2. The van der Waals surface area contributed by atoms with Crippen molar-refractivity contribution in [1.82, 2.24) is 9.97 Å². The Balaban J connectivity index is 1.95. The minimum atomic E-state index is -0.349. The summed E-state index contributed by atoms with van der Waals surface area (Å²) in [5, 5.41) is -0.349. The molecule has 0 N–H and O–H groups in total.